The Kier molecular flexibility index (Phi) is 11.5. The number of rotatable bonds is 6. The molecule has 1 nitrogen and oxygen atoms in total. The zero-order valence-corrected chi connectivity index (χ0v) is 19.7. The molecule has 0 spiro atoms. The van der Waals surface area contributed by atoms with Crippen LogP contribution in [0.3, 0.4) is 0 Å². The predicted octanol–water partition coefficient (Wildman–Crippen LogP) is 4.00. The molecule has 0 saturated carbocycles. The van der Waals surface area contributed by atoms with E-state index in [2.05, 4.69) is 98.1 Å². The van der Waals surface area contributed by atoms with Gasteiger partial charge in [0.15, 0.2) is 0 Å². The molecular weight excluding hydrogens is 506 g/mol. The first-order chi connectivity index (χ1) is 10.6. The molecule has 0 saturated heterocycles. The van der Waals surface area contributed by atoms with E-state index in [1.807, 2.05) is 0 Å². The van der Waals surface area contributed by atoms with E-state index in [-0.39, 0.29) is 0 Å². The molecule has 2 radical (unpaired) electrons. The molecule has 0 aliphatic carbocycles. The number of hydrogen-bond donors (Lipinski definition) is 0. The van der Waals surface area contributed by atoms with Crippen LogP contribution in [0.2, 0.25) is 14.8 Å². The van der Waals surface area contributed by atoms with Gasteiger partial charge in [-0.25, -0.2) is 0 Å². The Morgan fingerprint density at radius 3 is 1.64 bits per heavy atom. The Balaban J connectivity index is 0.000000541. The molecule has 0 atom stereocenters. The average Bonchev–Trinajstić information content (AvgIpc) is 2.53. The van der Waals surface area contributed by atoms with E-state index in [1.165, 1.54) is 10.4 Å². The molecule has 2 aromatic carbocycles. The van der Waals surface area contributed by atoms with E-state index < -0.39 is 28.8 Å². The van der Waals surface area contributed by atoms with Crippen LogP contribution in [0.5, 0.6) is 0 Å². The van der Waals surface area contributed by atoms with Crippen LogP contribution in [0.1, 0.15) is 6.42 Å². The van der Waals surface area contributed by atoms with E-state index >= 15 is 0 Å². The van der Waals surface area contributed by atoms with Gasteiger partial charge in [-0.05, 0) is 16.8 Å². The predicted molar refractivity (Wildman–Crippen MR) is 111 cm³/mol. The van der Waals surface area contributed by atoms with Crippen molar-refractivity contribution >= 4 is 61.8 Å². The van der Waals surface area contributed by atoms with Crippen LogP contribution >= 0.6 is 22.6 Å². The topological polar surface area (TPSA) is 9.23 Å². The average molecular weight is 531 g/mol. The van der Waals surface area contributed by atoms with Crippen LogP contribution in [0.4, 0.5) is 0 Å². The third kappa shape index (κ3) is 8.69. The Labute approximate surface area is 158 Å². The first-order valence-corrected chi connectivity index (χ1v) is 19.1. The van der Waals surface area contributed by atoms with Gasteiger partial charge in [0.1, 0.15) is 0 Å². The Hall–Kier alpha value is 0.146. The molecule has 2 aromatic rings. The Bertz CT molecular complexity index is 451. The van der Waals surface area contributed by atoms with Crippen molar-refractivity contribution in [1.29, 1.82) is 0 Å². The zero-order chi connectivity index (χ0) is 16.2. The minimum atomic E-state index is -1.08. The zero-order valence-electron chi connectivity index (χ0n) is 13.7. The molecule has 0 aliphatic heterocycles. The van der Waals surface area contributed by atoms with Gasteiger partial charge in [-0.2, -0.15) is 0 Å². The number of benzene rings is 2. The van der Waals surface area contributed by atoms with E-state index in [4.69, 9.17) is 4.43 Å². The van der Waals surface area contributed by atoms with Gasteiger partial charge in [-0.1, -0.05) is 83.3 Å². The monoisotopic (exact) mass is 532 g/mol. The van der Waals surface area contributed by atoms with Crippen molar-refractivity contribution < 1.29 is 4.43 Å². The third-order valence-corrected chi connectivity index (χ3v) is 5.57. The molecule has 0 amide bonds. The molecule has 2 rings (SSSR count). The van der Waals surface area contributed by atoms with Gasteiger partial charge in [0.25, 0.3) is 9.04 Å². The van der Waals surface area contributed by atoms with Gasteiger partial charge >= 0.3 is 34.6 Å². The molecule has 22 heavy (non-hydrogen) atoms. The summed E-state index contributed by atoms with van der Waals surface area (Å²) in [5.74, 6) is 0. The summed E-state index contributed by atoms with van der Waals surface area (Å²) in [5, 5.41) is 2.64. The molecule has 0 unspecified atom stereocenters. The molecular formula is C18H25IOSiSn. The fourth-order valence-corrected chi connectivity index (χ4v) is 4.06. The summed E-state index contributed by atoms with van der Waals surface area (Å²) in [6.07, 6.45) is 1.12. The van der Waals surface area contributed by atoms with Gasteiger partial charge in [0.2, 0.25) is 0 Å². The summed E-state index contributed by atoms with van der Waals surface area (Å²) < 4.78 is 7.30. The van der Waals surface area contributed by atoms with Crippen molar-refractivity contribution in [3.8, 4) is 0 Å². The number of halogens is 1. The molecule has 0 N–H and O–H groups in total. The van der Waals surface area contributed by atoms with E-state index in [0.29, 0.717) is 0 Å². The van der Waals surface area contributed by atoms with Gasteiger partial charge in [0.05, 0.1) is 0 Å². The molecule has 4 heteroatoms. The number of hydrogen-bond acceptors (Lipinski definition) is 1. The van der Waals surface area contributed by atoms with Crippen molar-refractivity contribution in [3.63, 3.8) is 0 Å². The summed E-state index contributed by atoms with van der Waals surface area (Å²) >= 11 is 1.85. The van der Waals surface area contributed by atoms with Crippen LogP contribution in [-0.4, -0.2) is 39.8 Å². The van der Waals surface area contributed by atoms with E-state index in [1.54, 1.807) is 0 Å². The van der Waals surface area contributed by atoms with E-state index in [9.17, 15) is 0 Å². The second-order valence-corrected chi connectivity index (χ2v) is 17.2. The van der Waals surface area contributed by atoms with E-state index in [0.717, 1.165) is 17.5 Å². The molecule has 0 aromatic heterocycles. The normalized spacial score (nSPS) is 10.5. The van der Waals surface area contributed by atoms with Gasteiger partial charge in [0, 0.05) is 11.0 Å². The summed E-state index contributed by atoms with van der Waals surface area (Å²) in [6.45, 7) is 0.848. The second kappa shape index (κ2) is 12.6. The van der Waals surface area contributed by atoms with Crippen molar-refractivity contribution in [2.45, 2.75) is 21.2 Å². The first-order valence-electron chi connectivity index (χ1n) is 7.58. The van der Waals surface area contributed by atoms with Crippen molar-refractivity contribution in [3.05, 3.63) is 60.7 Å². The summed E-state index contributed by atoms with van der Waals surface area (Å²) in [7, 11) is -1.08. The maximum absolute atomic E-state index is 6.15. The summed E-state index contributed by atoms with van der Waals surface area (Å²) in [6, 6.07) is 21.1. The van der Waals surface area contributed by atoms with Gasteiger partial charge in [-0.15, -0.1) is 0 Å². The van der Waals surface area contributed by atoms with Gasteiger partial charge < -0.3 is 4.43 Å². The standard InChI is InChI=1S/C15H16IOSi.3CH3.Sn/c16-12-7-13-17-18(14-8-3-1-4-9-14)15-10-5-2-6-11-15;;;;/h1-6,8-11H,7,12-13H2;3*1H3;. The fourth-order valence-electron chi connectivity index (χ4n) is 1.74. The number of alkyl halides is 1. The molecule has 118 valence electrons. The van der Waals surface area contributed by atoms with Crippen molar-refractivity contribution in [2.24, 2.45) is 0 Å². The first kappa shape index (κ1) is 20.2. The van der Waals surface area contributed by atoms with Crippen LogP contribution in [-0.2, 0) is 4.43 Å². The molecule has 0 fully saturated rings. The SMILES string of the molecule is ICCCO[Si](c1ccccc1)c1ccccc1.[CH3][Sn]([CH3])[CH3]. The molecule has 0 heterocycles. The quantitative estimate of drug-likeness (QED) is 0.237. The summed E-state index contributed by atoms with van der Waals surface area (Å²) in [5.41, 5.74) is 0. The van der Waals surface area contributed by atoms with Crippen molar-refractivity contribution in [1.82, 2.24) is 0 Å². The fraction of sp³-hybridized carbons (Fsp3) is 0.333. The van der Waals surface area contributed by atoms with Gasteiger partial charge in [-0.3, -0.25) is 0 Å². The summed E-state index contributed by atoms with van der Waals surface area (Å²) in [4.78, 5) is 7.09. The van der Waals surface area contributed by atoms with Crippen LogP contribution < -0.4 is 10.4 Å². The third-order valence-electron chi connectivity index (χ3n) is 2.60. The van der Waals surface area contributed by atoms with Crippen LogP contribution in [0.25, 0.3) is 0 Å². The Morgan fingerprint density at radius 2 is 1.27 bits per heavy atom. The van der Waals surface area contributed by atoms with Crippen LogP contribution in [0.15, 0.2) is 60.7 Å². The Morgan fingerprint density at radius 1 is 0.864 bits per heavy atom. The molecule has 0 bridgehead atoms. The minimum absolute atomic E-state index is 0.543. The second-order valence-electron chi connectivity index (χ2n) is 5.45. The van der Waals surface area contributed by atoms with Crippen LogP contribution in [0, 0.1) is 0 Å². The van der Waals surface area contributed by atoms with Crippen molar-refractivity contribution in [2.75, 3.05) is 11.0 Å². The maximum atomic E-state index is 6.15. The molecule has 0 aliphatic rings.